The molecule has 0 fully saturated rings. The molecule has 25 heavy (non-hydrogen) atoms. The molecule has 0 spiro atoms. The molecule has 1 rings (SSSR count). The minimum Gasteiger partial charge on any atom is -0.490 e. The van der Waals surface area contributed by atoms with Gasteiger partial charge < -0.3 is 20.1 Å². The summed E-state index contributed by atoms with van der Waals surface area (Å²) >= 11 is 1.82. The fourth-order valence-electron chi connectivity index (χ4n) is 2.17. The van der Waals surface area contributed by atoms with E-state index in [2.05, 4.69) is 26.6 Å². The summed E-state index contributed by atoms with van der Waals surface area (Å²) in [5, 5.41) is 6.32. The molecule has 0 bridgehead atoms. The van der Waals surface area contributed by atoms with Crippen LogP contribution in [0.25, 0.3) is 0 Å². The number of unbranched alkanes of at least 4 members (excludes halogenated alkanes) is 1. The molecule has 0 saturated carbocycles. The van der Waals surface area contributed by atoms with Crippen molar-refractivity contribution in [3.05, 3.63) is 23.8 Å². The second-order valence-corrected chi connectivity index (χ2v) is 6.09. The molecule has 0 aliphatic rings. The van der Waals surface area contributed by atoms with Crippen LogP contribution >= 0.6 is 11.8 Å². The molecule has 5 nitrogen and oxygen atoms in total. The van der Waals surface area contributed by atoms with Gasteiger partial charge in [0.1, 0.15) is 0 Å². The van der Waals surface area contributed by atoms with Crippen molar-refractivity contribution in [2.24, 2.45) is 4.99 Å². The summed E-state index contributed by atoms with van der Waals surface area (Å²) in [7, 11) is 1.67. The van der Waals surface area contributed by atoms with Gasteiger partial charge in [-0.1, -0.05) is 12.1 Å². The van der Waals surface area contributed by atoms with Crippen molar-refractivity contribution in [2.45, 2.75) is 32.9 Å². The van der Waals surface area contributed by atoms with Gasteiger partial charge in [-0.25, -0.2) is 0 Å². The first-order chi connectivity index (χ1) is 12.1. The number of guanidine groups is 1. The van der Waals surface area contributed by atoms with Crippen LogP contribution in [0.3, 0.4) is 0 Å². The second kappa shape index (κ2) is 12.6. The Balaban J connectivity index is 2.66. The number of hydrogen-bond acceptors (Lipinski definition) is 4. The largest absolute Gasteiger partial charge is 0.490 e. The summed E-state index contributed by atoms with van der Waals surface area (Å²) in [5.41, 5.74) is 0.580. The minimum absolute atomic E-state index is 0.0577. The van der Waals surface area contributed by atoms with Crippen LogP contribution in [0.5, 0.6) is 11.5 Å². The number of hydrogen-bond donors (Lipinski definition) is 2. The molecule has 0 amide bonds. The molecular formula is C17H27F2N3O2S. The molecule has 0 atom stereocenters. The normalized spacial score (nSPS) is 11.5. The number of halogens is 2. The van der Waals surface area contributed by atoms with Crippen molar-refractivity contribution in [2.75, 3.05) is 32.2 Å². The average molecular weight is 375 g/mol. The third-order valence-electron chi connectivity index (χ3n) is 3.30. The monoisotopic (exact) mass is 375 g/mol. The van der Waals surface area contributed by atoms with Crippen LogP contribution in [-0.2, 0) is 6.54 Å². The maximum Gasteiger partial charge on any atom is 0.387 e. The van der Waals surface area contributed by atoms with Crippen molar-refractivity contribution < 1.29 is 18.3 Å². The van der Waals surface area contributed by atoms with Gasteiger partial charge in [-0.05, 0) is 37.8 Å². The minimum atomic E-state index is -2.91. The standard InChI is InChI=1S/C17H27F2N3O2S/c1-4-23-14-9-7-8-13(15(14)24-16(18)19)12-22-17(20-2)21-10-5-6-11-25-3/h7-9,16H,4-6,10-12H2,1-3H3,(H2,20,21,22). The highest BCUT2D eigenvalue weighted by Gasteiger charge is 2.15. The van der Waals surface area contributed by atoms with E-state index in [4.69, 9.17) is 4.74 Å². The Labute approximate surface area is 152 Å². The summed E-state index contributed by atoms with van der Waals surface area (Å²) < 4.78 is 35.5. The average Bonchev–Trinajstić information content (AvgIpc) is 2.59. The van der Waals surface area contributed by atoms with E-state index in [-0.39, 0.29) is 5.75 Å². The van der Waals surface area contributed by atoms with Crippen molar-refractivity contribution in [1.82, 2.24) is 10.6 Å². The lowest BCUT2D eigenvalue weighted by Crippen LogP contribution is -2.37. The Morgan fingerprint density at radius 3 is 2.72 bits per heavy atom. The third kappa shape index (κ3) is 8.29. The molecule has 0 aromatic heterocycles. The molecule has 0 unspecified atom stereocenters. The zero-order valence-electron chi connectivity index (χ0n) is 15.0. The first-order valence-electron chi connectivity index (χ1n) is 8.25. The third-order valence-corrected chi connectivity index (χ3v) is 4.00. The Morgan fingerprint density at radius 1 is 1.28 bits per heavy atom. The van der Waals surface area contributed by atoms with Crippen molar-refractivity contribution in [3.63, 3.8) is 0 Å². The highest BCUT2D eigenvalue weighted by molar-refractivity contribution is 7.98. The molecule has 142 valence electrons. The Hall–Kier alpha value is -1.70. The molecule has 8 heteroatoms. The summed E-state index contributed by atoms with van der Waals surface area (Å²) in [4.78, 5) is 4.14. The van der Waals surface area contributed by atoms with Crippen LogP contribution in [0, 0.1) is 0 Å². The summed E-state index contributed by atoms with van der Waals surface area (Å²) in [6.45, 7) is 0.358. The quantitative estimate of drug-likeness (QED) is 0.352. The van der Waals surface area contributed by atoms with E-state index < -0.39 is 6.61 Å². The first-order valence-corrected chi connectivity index (χ1v) is 9.64. The second-order valence-electron chi connectivity index (χ2n) is 5.11. The molecule has 0 heterocycles. The number of ether oxygens (including phenoxy) is 2. The molecule has 0 aliphatic heterocycles. The Morgan fingerprint density at radius 2 is 2.08 bits per heavy atom. The fourth-order valence-corrected chi connectivity index (χ4v) is 2.66. The molecule has 0 aliphatic carbocycles. The smallest absolute Gasteiger partial charge is 0.387 e. The van der Waals surface area contributed by atoms with Crippen LogP contribution in [0.1, 0.15) is 25.3 Å². The SMILES string of the molecule is CCOc1cccc(CNC(=NC)NCCCCSC)c1OC(F)F. The number of thioether (sulfide) groups is 1. The summed E-state index contributed by atoms with van der Waals surface area (Å²) in [5.74, 6) is 2.12. The number of nitrogens with zero attached hydrogens (tertiary/aromatic N) is 1. The first kappa shape index (κ1) is 21.3. The summed E-state index contributed by atoms with van der Waals surface area (Å²) in [6.07, 6.45) is 4.26. The number of rotatable bonds is 11. The molecule has 1 aromatic rings. The van der Waals surface area contributed by atoms with Crippen LogP contribution in [0.15, 0.2) is 23.2 Å². The lowest BCUT2D eigenvalue weighted by atomic mass is 10.2. The van der Waals surface area contributed by atoms with Gasteiger partial charge in [0.2, 0.25) is 0 Å². The molecular weight excluding hydrogens is 348 g/mol. The maximum absolute atomic E-state index is 12.7. The van der Waals surface area contributed by atoms with Gasteiger partial charge in [0.25, 0.3) is 0 Å². The van der Waals surface area contributed by atoms with Gasteiger partial charge in [-0.3, -0.25) is 4.99 Å². The van der Waals surface area contributed by atoms with Crippen molar-refractivity contribution in [1.29, 1.82) is 0 Å². The molecule has 2 N–H and O–H groups in total. The van der Waals surface area contributed by atoms with Gasteiger partial charge >= 0.3 is 6.61 Å². The molecule has 0 saturated heterocycles. The Bertz CT molecular complexity index is 531. The highest BCUT2D eigenvalue weighted by Crippen LogP contribution is 2.32. The summed E-state index contributed by atoms with van der Waals surface area (Å²) in [6, 6.07) is 5.08. The topological polar surface area (TPSA) is 54.9 Å². The van der Waals surface area contributed by atoms with Crippen molar-refractivity contribution in [3.8, 4) is 11.5 Å². The molecule has 0 radical (unpaired) electrons. The highest BCUT2D eigenvalue weighted by atomic mass is 32.2. The van der Waals surface area contributed by atoms with E-state index in [0.717, 1.165) is 25.1 Å². The maximum atomic E-state index is 12.7. The Kier molecular flexibility index (Phi) is 10.8. The lowest BCUT2D eigenvalue weighted by Gasteiger charge is -2.17. The van der Waals surface area contributed by atoms with E-state index in [0.29, 0.717) is 30.4 Å². The van der Waals surface area contributed by atoms with Gasteiger partial charge in [0.05, 0.1) is 6.61 Å². The van der Waals surface area contributed by atoms with Crippen LogP contribution in [-0.4, -0.2) is 44.8 Å². The van der Waals surface area contributed by atoms with Gasteiger partial charge in [0, 0.05) is 25.7 Å². The zero-order chi connectivity index (χ0) is 18.5. The van der Waals surface area contributed by atoms with Gasteiger partial charge in [-0.2, -0.15) is 20.5 Å². The van der Waals surface area contributed by atoms with E-state index >= 15 is 0 Å². The van der Waals surface area contributed by atoms with Gasteiger partial charge in [0.15, 0.2) is 17.5 Å². The van der Waals surface area contributed by atoms with Crippen LogP contribution in [0.2, 0.25) is 0 Å². The zero-order valence-corrected chi connectivity index (χ0v) is 15.8. The number of para-hydroxylation sites is 1. The number of nitrogens with one attached hydrogen (secondary N) is 2. The lowest BCUT2D eigenvalue weighted by molar-refractivity contribution is -0.0520. The van der Waals surface area contributed by atoms with Gasteiger partial charge in [-0.15, -0.1) is 0 Å². The van der Waals surface area contributed by atoms with Crippen molar-refractivity contribution >= 4 is 17.7 Å². The fraction of sp³-hybridized carbons (Fsp3) is 0.588. The van der Waals surface area contributed by atoms with E-state index in [1.807, 2.05) is 11.8 Å². The van der Waals surface area contributed by atoms with E-state index in [9.17, 15) is 8.78 Å². The predicted octanol–water partition coefficient (Wildman–Crippen LogP) is 3.49. The predicted molar refractivity (Wildman–Crippen MR) is 100 cm³/mol. The number of aliphatic imine (C=N–C) groups is 1. The number of alkyl halides is 2. The number of benzene rings is 1. The molecule has 1 aromatic carbocycles. The van der Waals surface area contributed by atoms with E-state index in [1.165, 1.54) is 0 Å². The van der Waals surface area contributed by atoms with Crippen LogP contribution in [0.4, 0.5) is 8.78 Å². The van der Waals surface area contributed by atoms with E-state index in [1.54, 1.807) is 32.2 Å². The van der Waals surface area contributed by atoms with Crippen LogP contribution < -0.4 is 20.1 Å².